The highest BCUT2D eigenvalue weighted by Gasteiger charge is 2.10. The van der Waals surface area contributed by atoms with Crippen LogP contribution in [0.3, 0.4) is 0 Å². The Morgan fingerprint density at radius 2 is 2.00 bits per heavy atom. The third-order valence-corrected chi connectivity index (χ3v) is 3.66. The number of aryl methyl sites for hydroxylation is 3. The number of nitrogens with zero attached hydrogens (tertiary/aromatic N) is 2. The maximum absolute atomic E-state index is 4.39. The lowest BCUT2D eigenvalue weighted by molar-refractivity contribution is 0.502. The number of benzene rings is 1. The maximum atomic E-state index is 4.39. The van der Waals surface area contributed by atoms with Gasteiger partial charge >= 0.3 is 0 Å². The van der Waals surface area contributed by atoms with Gasteiger partial charge in [0.25, 0.3) is 0 Å². The smallest absolute Gasteiger partial charge is 0.109 e. The quantitative estimate of drug-likeness (QED) is 0.861. The molecule has 0 radical (unpaired) electrons. The Hall–Kier alpha value is -1.61. The van der Waals surface area contributed by atoms with E-state index in [4.69, 9.17) is 0 Å². The van der Waals surface area contributed by atoms with Crippen LogP contribution in [0.2, 0.25) is 0 Å². The summed E-state index contributed by atoms with van der Waals surface area (Å²) >= 11 is 0. The summed E-state index contributed by atoms with van der Waals surface area (Å²) < 4.78 is 2.09. The summed E-state index contributed by atoms with van der Waals surface area (Å²) in [6.45, 7) is 2.13. The third-order valence-electron chi connectivity index (χ3n) is 3.66. The van der Waals surface area contributed by atoms with Gasteiger partial charge in [0.2, 0.25) is 0 Å². The number of likely N-dealkylation sites (N-methyl/N-ethyl adjacent to an activating group) is 1. The van der Waals surface area contributed by atoms with E-state index in [1.807, 2.05) is 19.4 Å². The predicted octanol–water partition coefficient (Wildman–Crippen LogP) is 2.49. The number of hydrogen-bond donors (Lipinski definition) is 1. The molecule has 0 bridgehead atoms. The molecule has 1 N–H and O–H groups in total. The van der Waals surface area contributed by atoms with E-state index in [9.17, 15) is 0 Å². The Labute approximate surface area is 115 Å². The lowest BCUT2D eigenvalue weighted by Gasteiger charge is -2.16. The second-order valence-corrected chi connectivity index (χ2v) is 5.17. The van der Waals surface area contributed by atoms with Gasteiger partial charge in [0.05, 0.1) is 0 Å². The van der Waals surface area contributed by atoms with Gasteiger partial charge in [-0.3, -0.25) is 0 Å². The van der Waals surface area contributed by atoms with Gasteiger partial charge in [-0.25, -0.2) is 4.98 Å². The fourth-order valence-electron chi connectivity index (χ4n) is 2.26. The first-order valence-corrected chi connectivity index (χ1v) is 6.88. The van der Waals surface area contributed by atoms with Crippen molar-refractivity contribution in [2.75, 3.05) is 7.05 Å². The molecule has 3 nitrogen and oxygen atoms in total. The van der Waals surface area contributed by atoms with Crippen molar-refractivity contribution in [1.82, 2.24) is 14.9 Å². The summed E-state index contributed by atoms with van der Waals surface area (Å²) in [6, 6.07) is 9.29. The minimum absolute atomic E-state index is 0.474. The van der Waals surface area contributed by atoms with Crippen LogP contribution in [-0.4, -0.2) is 22.6 Å². The fraction of sp³-hybridized carbons (Fsp3) is 0.438. The Bertz CT molecular complexity index is 499. The molecule has 0 spiro atoms. The highest BCUT2D eigenvalue weighted by atomic mass is 15.0. The Morgan fingerprint density at radius 3 is 2.58 bits per heavy atom. The number of nitrogens with one attached hydrogen (secondary N) is 1. The summed E-state index contributed by atoms with van der Waals surface area (Å²) in [5, 5.41) is 3.40. The van der Waals surface area contributed by atoms with E-state index in [-0.39, 0.29) is 0 Å². The van der Waals surface area contributed by atoms with Gasteiger partial charge in [-0.15, -0.1) is 0 Å². The molecule has 2 aromatic rings. The Kier molecular flexibility index (Phi) is 4.74. The van der Waals surface area contributed by atoms with E-state index in [0.717, 1.165) is 25.1 Å². The molecule has 0 saturated heterocycles. The summed E-state index contributed by atoms with van der Waals surface area (Å²) in [4.78, 5) is 4.39. The molecule has 0 aliphatic rings. The normalized spacial score (nSPS) is 12.6. The zero-order valence-electron chi connectivity index (χ0n) is 12.1. The van der Waals surface area contributed by atoms with E-state index in [0.29, 0.717) is 6.04 Å². The zero-order valence-corrected chi connectivity index (χ0v) is 12.1. The van der Waals surface area contributed by atoms with Crippen LogP contribution in [-0.2, 0) is 19.9 Å². The maximum Gasteiger partial charge on any atom is 0.109 e. The number of rotatable bonds is 6. The third kappa shape index (κ3) is 3.93. The van der Waals surface area contributed by atoms with Crippen LogP contribution in [0, 0.1) is 6.92 Å². The first kappa shape index (κ1) is 13.8. The molecule has 0 amide bonds. The van der Waals surface area contributed by atoms with Crippen molar-refractivity contribution in [1.29, 1.82) is 0 Å². The first-order chi connectivity index (χ1) is 9.19. The van der Waals surface area contributed by atoms with Gasteiger partial charge in [-0.2, -0.15) is 0 Å². The second-order valence-electron chi connectivity index (χ2n) is 5.17. The highest BCUT2D eigenvalue weighted by molar-refractivity contribution is 5.21. The van der Waals surface area contributed by atoms with Crippen molar-refractivity contribution >= 4 is 0 Å². The molecule has 3 heteroatoms. The molecule has 0 aliphatic heterocycles. The van der Waals surface area contributed by atoms with Crippen LogP contribution in [0.25, 0.3) is 0 Å². The Morgan fingerprint density at radius 1 is 1.26 bits per heavy atom. The highest BCUT2D eigenvalue weighted by Crippen LogP contribution is 2.10. The largest absolute Gasteiger partial charge is 0.338 e. The van der Waals surface area contributed by atoms with Crippen LogP contribution >= 0.6 is 0 Å². The molecular weight excluding hydrogens is 234 g/mol. The molecule has 102 valence electrons. The van der Waals surface area contributed by atoms with Crippen molar-refractivity contribution in [3.63, 3.8) is 0 Å². The summed E-state index contributed by atoms with van der Waals surface area (Å²) in [5.74, 6) is 1.14. The van der Waals surface area contributed by atoms with E-state index in [2.05, 4.69) is 53.1 Å². The molecule has 1 aromatic heterocycles. The Balaban J connectivity index is 1.89. The van der Waals surface area contributed by atoms with Gasteiger partial charge in [-0.1, -0.05) is 29.8 Å². The van der Waals surface area contributed by atoms with Gasteiger partial charge < -0.3 is 9.88 Å². The van der Waals surface area contributed by atoms with Gasteiger partial charge in [0.15, 0.2) is 0 Å². The van der Waals surface area contributed by atoms with Crippen molar-refractivity contribution < 1.29 is 0 Å². The molecule has 1 aromatic carbocycles. The second kappa shape index (κ2) is 6.53. The standard InChI is InChI=1S/C16H23N3/c1-13-4-6-14(7-5-13)8-9-15(17-2)12-16-18-10-11-19(16)3/h4-7,10-11,15,17H,8-9,12H2,1-3H3. The molecule has 0 saturated carbocycles. The number of imidazole rings is 1. The van der Waals surface area contributed by atoms with E-state index < -0.39 is 0 Å². The van der Waals surface area contributed by atoms with Crippen molar-refractivity contribution in [2.24, 2.45) is 7.05 Å². The predicted molar refractivity (Wildman–Crippen MR) is 79.3 cm³/mol. The molecule has 0 fully saturated rings. The van der Waals surface area contributed by atoms with Gasteiger partial charge in [0, 0.05) is 31.9 Å². The van der Waals surface area contributed by atoms with Crippen molar-refractivity contribution in [3.8, 4) is 0 Å². The molecular formula is C16H23N3. The van der Waals surface area contributed by atoms with Crippen LogP contribution in [0.5, 0.6) is 0 Å². The average Bonchev–Trinajstić information content (AvgIpc) is 2.82. The van der Waals surface area contributed by atoms with E-state index in [1.165, 1.54) is 11.1 Å². The minimum Gasteiger partial charge on any atom is -0.338 e. The SMILES string of the molecule is CNC(CCc1ccc(C)cc1)Cc1nccn1C. The van der Waals surface area contributed by atoms with Gasteiger partial charge in [-0.05, 0) is 32.4 Å². The van der Waals surface area contributed by atoms with Crippen LogP contribution in [0.1, 0.15) is 23.4 Å². The van der Waals surface area contributed by atoms with Crippen LogP contribution in [0.4, 0.5) is 0 Å². The topological polar surface area (TPSA) is 29.9 Å². The first-order valence-electron chi connectivity index (χ1n) is 6.88. The minimum atomic E-state index is 0.474. The van der Waals surface area contributed by atoms with E-state index in [1.54, 1.807) is 0 Å². The van der Waals surface area contributed by atoms with Crippen LogP contribution < -0.4 is 5.32 Å². The summed E-state index contributed by atoms with van der Waals surface area (Å²) in [6.07, 6.45) is 7.08. The zero-order chi connectivity index (χ0) is 13.7. The van der Waals surface area contributed by atoms with Crippen molar-refractivity contribution in [3.05, 3.63) is 53.6 Å². The molecule has 1 heterocycles. The van der Waals surface area contributed by atoms with Crippen molar-refractivity contribution in [2.45, 2.75) is 32.2 Å². The molecule has 19 heavy (non-hydrogen) atoms. The molecule has 1 atom stereocenters. The van der Waals surface area contributed by atoms with E-state index >= 15 is 0 Å². The lowest BCUT2D eigenvalue weighted by atomic mass is 10.0. The monoisotopic (exact) mass is 257 g/mol. The number of aromatic nitrogens is 2. The number of hydrogen-bond acceptors (Lipinski definition) is 2. The average molecular weight is 257 g/mol. The summed E-state index contributed by atoms with van der Waals surface area (Å²) in [7, 11) is 4.08. The summed E-state index contributed by atoms with van der Waals surface area (Å²) in [5.41, 5.74) is 2.73. The molecule has 1 unspecified atom stereocenters. The molecule has 0 aliphatic carbocycles. The molecule has 2 rings (SSSR count). The van der Waals surface area contributed by atoms with Crippen LogP contribution in [0.15, 0.2) is 36.7 Å². The lowest BCUT2D eigenvalue weighted by Crippen LogP contribution is -2.29. The fourth-order valence-corrected chi connectivity index (χ4v) is 2.26. The van der Waals surface area contributed by atoms with Gasteiger partial charge in [0.1, 0.15) is 5.82 Å².